The van der Waals surface area contributed by atoms with Crippen LogP contribution in [0.15, 0.2) is 101 Å². The van der Waals surface area contributed by atoms with Gasteiger partial charge in [0.1, 0.15) is 5.75 Å². The van der Waals surface area contributed by atoms with Crippen LogP contribution >= 0.6 is 0 Å². The van der Waals surface area contributed by atoms with Crippen LogP contribution in [0.3, 0.4) is 0 Å². The number of para-hydroxylation sites is 1. The molecule has 0 N–H and O–H groups in total. The van der Waals surface area contributed by atoms with Gasteiger partial charge in [-0.05, 0) is 42.3 Å². The van der Waals surface area contributed by atoms with Crippen molar-refractivity contribution in [2.75, 3.05) is 0 Å². The maximum Gasteiger partial charge on any atom is 0.282 e. The first-order valence-corrected chi connectivity index (χ1v) is 11.5. The van der Waals surface area contributed by atoms with E-state index in [1.807, 2.05) is 85.8 Å². The standard InChI is InChI=1S/C29H25N3O2/c1-3-20(2)34-27-18-17-21-11-7-8-14-23(21)25(27)19-30-32-28(22-12-5-4-6-13-22)31-26-16-10-9-15-24(26)29(32)33/h4-20H,3H2,1-2H3/t20-/m0/s1. The van der Waals surface area contributed by atoms with Gasteiger partial charge in [-0.15, -0.1) is 0 Å². The van der Waals surface area contributed by atoms with Crippen molar-refractivity contribution in [3.63, 3.8) is 0 Å². The van der Waals surface area contributed by atoms with Crippen LogP contribution < -0.4 is 10.3 Å². The summed E-state index contributed by atoms with van der Waals surface area (Å²) in [6.07, 6.45) is 2.65. The van der Waals surface area contributed by atoms with Crippen LogP contribution in [-0.4, -0.2) is 22.0 Å². The Labute approximate surface area is 198 Å². The maximum atomic E-state index is 13.5. The first-order valence-electron chi connectivity index (χ1n) is 11.5. The number of nitrogens with zero attached hydrogens (tertiary/aromatic N) is 3. The van der Waals surface area contributed by atoms with Gasteiger partial charge >= 0.3 is 0 Å². The van der Waals surface area contributed by atoms with E-state index in [1.165, 1.54) is 4.68 Å². The van der Waals surface area contributed by atoms with Crippen molar-refractivity contribution in [1.29, 1.82) is 0 Å². The zero-order valence-electron chi connectivity index (χ0n) is 19.2. The summed E-state index contributed by atoms with van der Waals surface area (Å²) in [6, 6.07) is 29.1. The van der Waals surface area contributed by atoms with Crippen molar-refractivity contribution in [2.24, 2.45) is 5.10 Å². The third-order valence-corrected chi connectivity index (χ3v) is 5.92. The monoisotopic (exact) mass is 447 g/mol. The fourth-order valence-corrected chi connectivity index (χ4v) is 3.93. The Morgan fingerprint density at radius 2 is 1.62 bits per heavy atom. The molecule has 0 saturated carbocycles. The summed E-state index contributed by atoms with van der Waals surface area (Å²) >= 11 is 0. The molecule has 5 aromatic rings. The fourth-order valence-electron chi connectivity index (χ4n) is 3.93. The first-order chi connectivity index (χ1) is 16.7. The molecule has 0 aliphatic rings. The zero-order chi connectivity index (χ0) is 23.5. The van der Waals surface area contributed by atoms with Gasteiger partial charge in [-0.25, -0.2) is 4.98 Å². The van der Waals surface area contributed by atoms with E-state index in [1.54, 1.807) is 12.3 Å². The summed E-state index contributed by atoms with van der Waals surface area (Å²) in [5.74, 6) is 1.23. The molecule has 5 heteroatoms. The van der Waals surface area contributed by atoms with Crippen LogP contribution in [0.5, 0.6) is 5.75 Å². The summed E-state index contributed by atoms with van der Waals surface area (Å²) < 4.78 is 7.59. The Morgan fingerprint density at radius 3 is 2.41 bits per heavy atom. The molecule has 0 radical (unpaired) electrons. The Balaban J connectivity index is 1.73. The molecule has 5 rings (SSSR count). The van der Waals surface area contributed by atoms with E-state index in [2.05, 4.69) is 18.1 Å². The van der Waals surface area contributed by atoms with Gasteiger partial charge in [-0.1, -0.05) is 79.7 Å². The number of benzene rings is 4. The van der Waals surface area contributed by atoms with E-state index in [0.29, 0.717) is 16.7 Å². The second kappa shape index (κ2) is 9.32. The van der Waals surface area contributed by atoms with Gasteiger partial charge in [0.25, 0.3) is 5.56 Å². The van der Waals surface area contributed by atoms with E-state index in [4.69, 9.17) is 9.72 Å². The molecule has 1 atom stereocenters. The van der Waals surface area contributed by atoms with E-state index in [0.717, 1.165) is 34.1 Å². The molecule has 1 heterocycles. The zero-order valence-corrected chi connectivity index (χ0v) is 19.2. The average molecular weight is 448 g/mol. The third-order valence-electron chi connectivity index (χ3n) is 5.92. The maximum absolute atomic E-state index is 13.5. The van der Waals surface area contributed by atoms with Crippen LogP contribution in [0.1, 0.15) is 25.8 Å². The Bertz CT molecular complexity index is 1560. The van der Waals surface area contributed by atoms with Crippen molar-refractivity contribution in [3.8, 4) is 17.1 Å². The van der Waals surface area contributed by atoms with Crippen molar-refractivity contribution < 1.29 is 4.74 Å². The van der Waals surface area contributed by atoms with Crippen LogP contribution in [0, 0.1) is 0 Å². The predicted octanol–water partition coefficient (Wildman–Crippen LogP) is 6.28. The highest BCUT2D eigenvalue weighted by Gasteiger charge is 2.14. The SMILES string of the molecule is CC[C@H](C)Oc1ccc2ccccc2c1C=Nn1c(-c2ccccc2)nc2ccccc2c1=O. The quantitative estimate of drug-likeness (QED) is 0.288. The Morgan fingerprint density at radius 1 is 0.912 bits per heavy atom. The summed E-state index contributed by atoms with van der Waals surface area (Å²) in [7, 11) is 0. The number of ether oxygens (including phenoxy) is 1. The van der Waals surface area contributed by atoms with Crippen molar-refractivity contribution in [3.05, 3.63) is 107 Å². The second-order valence-electron chi connectivity index (χ2n) is 8.22. The van der Waals surface area contributed by atoms with E-state index in [-0.39, 0.29) is 11.7 Å². The van der Waals surface area contributed by atoms with Gasteiger partial charge in [-0.2, -0.15) is 9.78 Å². The summed E-state index contributed by atoms with van der Waals surface area (Å²) in [5, 5.41) is 7.29. The molecule has 0 saturated heterocycles. The van der Waals surface area contributed by atoms with Crippen LogP contribution in [0.4, 0.5) is 0 Å². The normalized spacial score (nSPS) is 12.4. The molecule has 0 bridgehead atoms. The number of rotatable bonds is 6. The van der Waals surface area contributed by atoms with Gasteiger partial charge in [0.2, 0.25) is 0 Å². The van der Waals surface area contributed by atoms with Crippen LogP contribution in [0.2, 0.25) is 0 Å². The Hall–Kier alpha value is -4.25. The van der Waals surface area contributed by atoms with Gasteiger partial charge in [-0.3, -0.25) is 4.79 Å². The number of aromatic nitrogens is 2. The van der Waals surface area contributed by atoms with Gasteiger partial charge in [0.15, 0.2) is 5.82 Å². The van der Waals surface area contributed by atoms with Crippen molar-refractivity contribution in [1.82, 2.24) is 9.66 Å². The van der Waals surface area contributed by atoms with Crippen molar-refractivity contribution in [2.45, 2.75) is 26.4 Å². The van der Waals surface area contributed by atoms with Gasteiger partial charge in [0.05, 0.1) is 23.2 Å². The lowest BCUT2D eigenvalue weighted by Gasteiger charge is -2.16. The molecule has 4 aromatic carbocycles. The second-order valence-corrected chi connectivity index (χ2v) is 8.22. The van der Waals surface area contributed by atoms with Gasteiger partial charge < -0.3 is 4.74 Å². The molecule has 0 fully saturated rings. The van der Waals surface area contributed by atoms with Gasteiger partial charge in [0, 0.05) is 11.1 Å². The highest BCUT2D eigenvalue weighted by molar-refractivity contribution is 6.02. The molecule has 0 unspecified atom stereocenters. The number of hydrogen-bond acceptors (Lipinski definition) is 4. The highest BCUT2D eigenvalue weighted by atomic mass is 16.5. The smallest absolute Gasteiger partial charge is 0.282 e. The molecular weight excluding hydrogens is 422 g/mol. The molecule has 0 spiro atoms. The van der Waals surface area contributed by atoms with Crippen molar-refractivity contribution >= 4 is 27.9 Å². The molecule has 1 aromatic heterocycles. The molecule has 0 aliphatic heterocycles. The lowest BCUT2D eigenvalue weighted by molar-refractivity contribution is 0.217. The molecule has 0 aliphatic carbocycles. The summed E-state index contributed by atoms with van der Waals surface area (Å²) in [6.45, 7) is 4.13. The minimum Gasteiger partial charge on any atom is -0.490 e. The molecular formula is C29H25N3O2. The lowest BCUT2D eigenvalue weighted by Crippen LogP contribution is -2.20. The van der Waals surface area contributed by atoms with E-state index >= 15 is 0 Å². The number of hydrogen-bond donors (Lipinski definition) is 0. The summed E-state index contributed by atoms with van der Waals surface area (Å²) in [4.78, 5) is 18.3. The average Bonchev–Trinajstić information content (AvgIpc) is 2.89. The predicted molar refractivity (Wildman–Crippen MR) is 139 cm³/mol. The summed E-state index contributed by atoms with van der Waals surface area (Å²) in [5.41, 5.74) is 2.07. The minimum atomic E-state index is -0.217. The molecule has 0 amide bonds. The number of fused-ring (bicyclic) bond motifs is 2. The molecule has 168 valence electrons. The van der Waals surface area contributed by atoms with E-state index < -0.39 is 0 Å². The minimum absolute atomic E-state index is 0.0539. The fraction of sp³-hybridized carbons (Fsp3) is 0.138. The molecule has 5 nitrogen and oxygen atoms in total. The Kier molecular flexibility index (Phi) is 5.91. The largest absolute Gasteiger partial charge is 0.490 e. The van der Waals surface area contributed by atoms with Crippen LogP contribution in [-0.2, 0) is 0 Å². The topological polar surface area (TPSA) is 56.5 Å². The third kappa shape index (κ3) is 4.08. The van der Waals surface area contributed by atoms with E-state index in [9.17, 15) is 4.79 Å². The lowest BCUT2D eigenvalue weighted by atomic mass is 10.0. The first kappa shape index (κ1) is 21.6. The molecule has 34 heavy (non-hydrogen) atoms. The van der Waals surface area contributed by atoms with Crippen LogP contribution in [0.25, 0.3) is 33.1 Å². The highest BCUT2D eigenvalue weighted by Crippen LogP contribution is 2.28.